The molecule has 0 atom stereocenters. The summed E-state index contributed by atoms with van der Waals surface area (Å²) in [6.45, 7) is 0.121. The van der Waals surface area contributed by atoms with E-state index in [4.69, 9.17) is 4.74 Å². The number of benzene rings is 1. The Labute approximate surface area is 103 Å². The van der Waals surface area contributed by atoms with Crippen LogP contribution in [0.5, 0.6) is 5.75 Å². The maximum Gasteiger partial charge on any atom is 0.262 e. The van der Waals surface area contributed by atoms with Crippen molar-refractivity contribution in [1.82, 2.24) is 0 Å². The third-order valence-electron chi connectivity index (χ3n) is 2.53. The Bertz CT molecular complexity index is 393. The van der Waals surface area contributed by atoms with E-state index in [1.807, 2.05) is 12.1 Å². The van der Waals surface area contributed by atoms with Crippen LogP contribution < -0.4 is 10.1 Å². The zero-order chi connectivity index (χ0) is 11.4. The molecule has 0 saturated carbocycles. The standard InChI is InChI=1S/C12H14BrNO2/c13-6-2-1-3-9-4-5-11-10(7-9)14-12(15)8-16-11/h4-5,7H,1-3,6,8H2,(H,14,15). The van der Waals surface area contributed by atoms with E-state index in [0.717, 1.165) is 29.6 Å². The Morgan fingerprint density at radius 2 is 2.25 bits per heavy atom. The first-order chi connectivity index (χ1) is 7.79. The zero-order valence-electron chi connectivity index (χ0n) is 8.96. The third-order valence-corrected chi connectivity index (χ3v) is 3.09. The summed E-state index contributed by atoms with van der Waals surface area (Å²) in [7, 11) is 0. The van der Waals surface area contributed by atoms with Gasteiger partial charge in [0.2, 0.25) is 0 Å². The Hall–Kier alpha value is -1.03. The number of alkyl halides is 1. The average molecular weight is 284 g/mol. The lowest BCUT2D eigenvalue weighted by Crippen LogP contribution is -2.25. The van der Waals surface area contributed by atoms with Crippen LogP contribution in [0.3, 0.4) is 0 Å². The highest BCUT2D eigenvalue weighted by Gasteiger charge is 2.15. The van der Waals surface area contributed by atoms with E-state index in [-0.39, 0.29) is 12.5 Å². The fourth-order valence-electron chi connectivity index (χ4n) is 1.71. The van der Waals surface area contributed by atoms with Crippen molar-refractivity contribution in [2.75, 3.05) is 17.3 Å². The maximum absolute atomic E-state index is 11.2. The number of amides is 1. The largest absolute Gasteiger partial charge is 0.482 e. The van der Waals surface area contributed by atoms with Crippen LogP contribution in [-0.4, -0.2) is 17.8 Å². The van der Waals surface area contributed by atoms with Gasteiger partial charge in [-0.2, -0.15) is 0 Å². The normalized spacial score (nSPS) is 13.9. The number of fused-ring (bicyclic) bond motifs is 1. The molecule has 0 radical (unpaired) electrons. The molecule has 2 rings (SSSR count). The van der Waals surface area contributed by atoms with Gasteiger partial charge in [0, 0.05) is 5.33 Å². The predicted molar refractivity (Wildman–Crippen MR) is 67.3 cm³/mol. The summed E-state index contributed by atoms with van der Waals surface area (Å²) in [5.41, 5.74) is 2.04. The van der Waals surface area contributed by atoms with Crippen molar-refractivity contribution in [2.24, 2.45) is 0 Å². The summed E-state index contributed by atoms with van der Waals surface area (Å²) in [6.07, 6.45) is 3.35. The molecule has 3 nitrogen and oxygen atoms in total. The molecule has 1 N–H and O–H groups in total. The highest BCUT2D eigenvalue weighted by atomic mass is 79.9. The van der Waals surface area contributed by atoms with Crippen molar-refractivity contribution in [2.45, 2.75) is 19.3 Å². The molecule has 1 aromatic rings. The second-order valence-electron chi connectivity index (χ2n) is 3.81. The fraction of sp³-hybridized carbons (Fsp3) is 0.417. The molecule has 4 heteroatoms. The number of carbonyl (C=O) groups excluding carboxylic acids is 1. The van der Waals surface area contributed by atoms with Gasteiger partial charge < -0.3 is 10.1 Å². The highest BCUT2D eigenvalue weighted by molar-refractivity contribution is 9.09. The molecular formula is C12H14BrNO2. The molecule has 1 heterocycles. The van der Waals surface area contributed by atoms with Crippen LogP contribution in [0.4, 0.5) is 5.69 Å². The van der Waals surface area contributed by atoms with Gasteiger partial charge in [0.25, 0.3) is 5.91 Å². The number of nitrogens with one attached hydrogen (secondary N) is 1. The van der Waals surface area contributed by atoms with Crippen molar-refractivity contribution in [3.63, 3.8) is 0 Å². The van der Waals surface area contributed by atoms with Gasteiger partial charge in [-0.25, -0.2) is 0 Å². The molecule has 1 aliphatic rings. The lowest BCUT2D eigenvalue weighted by atomic mass is 10.1. The lowest BCUT2D eigenvalue weighted by Gasteiger charge is -2.18. The summed E-state index contributed by atoms with van der Waals surface area (Å²) in [5, 5.41) is 3.86. The van der Waals surface area contributed by atoms with Crippen LogP contribution in [0.1, 0.15) is 18.4 Å². The van der Waals surface area contributed by atoms with E-state index in [0.29, 0.717) is 0 Å². The number of hydrogen-bond acceptors (Lipinski definition) is 2. The van der Waals surface area contributed by atoms with Crippen LogP contribution in [0, 0.1) is 0 Å². The highest BCUT2D eigenvalue weighted by Crippen LogP contribution is 2.28. The van der Waals surface area contributed by atoms with E-state index in [2.05, 4.69) is 27.3 Å². The quantitative estimate of drug-likeness (QED) is 0.682. The summed E-state index contributed by atoms with van der Waals surface area (Å²) in [4.78, 5) is 11.2. The van der Waals surface area contributed by atoms with Crippen molar-refractivity contribution in [1.29, 1.82) is 0 Å². The number of rotatable bonds is 4. The first-order valence-corrected chi connectivity index (χ1v) is 6.53. The summed E-state index contributed by atoms with van der Waals surface area (Å²) in [5.74, 6) is 0.689. The van der Waals surface area contributed by atoms with Gasteiger partial charge >= 0.3 is 0 Å². The van der Waals surface area contributed by atoms with Crippen LogP contribution in [-0.2, 0) is 11.2 Å². The average Bonchev–Trinajstić information content (AvgIpc) is 2.29. The lowest BCUT2D eigenvalue weighted by molar-refractivity contribution is -0.118. The topological polar surface area (TPSA) is 38.3 Å². The molecule has 0 unspecified atom stereocenters. The molecule has 86 valence electrons. The summed E-state index contributed by atoms with van der Waals surface area (Å²) < 4.78 is 5.30. The van der Waals surface area contributed by atoms with Gasteiger partial charge in [-0.15, -0.1) is 0 Å². The van der Waals surface area contributed by atoms with Crippen LogP contribution >= 0.6 is 15.9 Å². The zero-order valence-corrected chi connectivity index (χ0v) is 10.5. The molecule has 0 aliphatic carbocycles. The van der Waals surface area contributed by atoms with Crippen molar-refractivity contribution < 1.29 is 9.53 Å². The number of ether oxygens (including phenoxy) is 1. The summed E-state index contributed by atoms with van der Waals surface area (Å²) >= 11 is 3.41. The molecule has 16 heavy (non-hydrogen) atoms. The number of unbranched alkanes of at least 4 members (excludes halogenated alkanes) is 1. The number of hydrogen-bond donors (Lipinski definition) is 1. The molecule has 0 fully saturated rings. The molecule has 1 aromatic carbocycles. The molecule has 0 saturated heterocycles. The summed E-state index contributed by atoms with van der Waals surface area (Å²) in [6, 6.07) is 5.99. The SMILES string of the molecule is O=C1COc2ccc(CCCCBr)cc2N1. The Morgan fingerprint density at radius 1 is 1.38 bits per heavy atom. The minimum Gasteiger partial charge on any atom is -0.482 e. The molecule has 0 aromatic heterocycles. The van der Waals surface area contributed by atoms with E-state index in [1.165, 1.54) is 12.0 Å². The van der Waals surface area contributed by atoms with Gasteiger partial charge in [-0.05, 0) is 37.0 Å². The second-order valence-corrected chi connectivity index (χ2v) is 4.61. The van der Waals surface area contributed by atoms with Crippen molar-refractivity contribution >= 4 is 27.5 Å². The van der Waals surface area contributed by atoms with Crippen LogP contribution in [0.15, 0.2) is 18.2 Å². The van der Waals surface area contributed by atoms with Gasteiger partial charge in [0.1, 0.15) is 5.75 Å². The van der Waals surface area contributed by atoms with E-state index in [9.17, 15) is 4.79 Å². The first-order valence-electron chi connectivity index (χ1n) is 5.41. The van der Waals surface area contributed by atoms with Crippen LogP contribution in [0.2, 0.25) is 0 Å². The smallest absolute Gasteiger partial charge is 0.262 e. The number of halogens is 1. The van der Waals surface area contributed by atoms with E-state index >= 15 is 0 Å². The van der Waals surface area contributed by atoms with Gasteiger partial charge in [0.15, 0.2) is 6.61 Å². The van der Waals surface area contributed by atoms with Gasteiger partial charge in [-0.3, -0.25) is 4.79 Å². The predicted octanol–water partition coefficient (Wildman–Crippen LogP) is 2.74. The van der Waals surface area contributed by atoms with Crippen molar-refractivity contribution in [3.05, 3.63) is 23.8 Å². The Morgan fingerprint density at radius 3 is 3.06 bits per heavy atom. The van der Waals surface area contributed by atoms with E-state index < -0.39 is 0 Å². The van der Waals surface area contributed by atoms with E-state index in [1.54, 1.807) is 0 Å². The molecule has 1 amide bonds. The minimum atomic E-state index is -0.0786. The van der Waals surface area contributed by atoms with Crippen molar-refractivity contribution in [3.8, 4) is 5.75 Å². The van der Waals surface area contributed by atoms with Crippen LogP contribution in [0.25, 0.3) is 0 Å². The maximum atomic E-state index is 11.2. The fourth-order valence-corrected chi connectivity index (χ4v) is 2.11. The number of carbonyl (C=O) groups is 1. The molecule has 0 bridgehead atoms. The monoisotopic (exact) mass is 283 g/mol. The van der Waals surface area contributed by atoms with Gasteiger partial charge in [0.05, 0.1) is 5.69 Å². The van der Waals surface area contributed by atoms with Gasteiger partial charge in [-0.1, -0.05) is 22.0 Å². The Kier molecular flexibility index (Phi) is 3.83. The number of aryl methyl sites for hydroxylation is 1. The number of anilines is 1. The minimum absolute atomic E-state index is 0.0786. The third kappa shape index (κ3) is 2.76. The second kappa shape index (κ2) is 5.34. The Balaban J connectivity index is 2.06. The molecule has 1 aliphatic heterocycles. The first kappa shape index (κ1) is 11.5. The molecular weight excluding hydrogens is 270 g/mol. The molecule has 0 spiro atoms.